The van der Waals surface area contributed by atoms with Crippen LogP contribution in [0, 0.1) is 0 Å². The van der Waals surface area contributed by atoms with E-state index in [1.807, 2.05) is 30.6 Å². The van der Waals surface area contributed by atoms with Crippen molar-refractivity contribution in [2.24, 2.45) is 0 Å². The van der Waals surface area contributed by atoms with Crippen LogP contribution in [0.25, 0.3) is 0 Å². The van der Waals surface area contributed by atoms with E-state index in [0.29, 0.717) is 13.0 Å². The minimum absolute atomic E-state index is 0.0869. The fourth-order valence-corrected chi connectivity index (χ4v) is 2.77. The minimum Gasteiger partial charge on any atom is -0.464 e. The highest BCUT2D eigenvalue weighted by atomic mass is 16.5. The minimum atomic E-state index is -0.167. The zero-order valence-electron chi connectivity index (χ0n) is 16.3. The van der Waals surface area contributed by atoms with Gasteiger partial charge in [0.05, 0.1) is 6.54 Å². The third-order valence-corrected chi connectivity index (χ3v) is 4.28. The van der Waals surface area contributed by atoms with Gasteiger partial charge in [-0.3, -0.25) is 9.59 Å². The van der Waals surface area contributed by atoms with Crippen LogP contribution in [0.5, 0.6) is 0 Å². The Morgan fingerprint density at radius 1 is 0.885 bits per heavy atom. The molecule has 1 rings (SSSR count). The molecule has 0 radical (unpaired) electrons. The van der Waals surface area contributed by atoms with Crippen LogP contribution in [-0.4, -0.2) is 25.0 Å². The fourth-order valence-electron chi connectivity index (χ4n) is 2.77. The van der Waals surface area contributed by atoms with Crippen molar-refractivity contribution >= 4 is 11.9 Å². The van der Waals surface area contributed by atoms with Gasteiger partial charge in [0.25, 0.3) is 5.91 Å². The molecule has 0 spiro atoms. The van der Waals surface area contributed by atoms with Gasteiger partial charge in [-0.15, -0.1) is 0 Å². The summed E-state index contributed by atoms with van der Waals surface area (Å²) in [4.78, 5) is 23.4. The van der Waals surface area contributed by atoms with E-state index in [1.54, 1.807) is 4.57 Å². The number of nitrogens with one attached hydrogen (secondary N) is 1. The molecule has 0 aliphatic heterocycles. The second-order valence-corrected chi connectivity index (χ2v) is 6.70. The van der Waals surface area contributed by atoms with E-state index in [2.05, 4.69) is 12.2 Å². The highest BCUT2D eigenvalue weighted by Gasteiger charge is 2.08. The maximum atomic E-state index is 11.7. The van der Waals surface area contributed by atoms with Crippen molar-refractivity contribution < 1.29 is 18.9 Å². The SMILES string of the molecule is CCCCCCCCCCCC(=O)OCCNC(=O)C[n+]1ccccc1. The first-order valence-corrected chi connectivity index (χ1v) is 10.1. The summed E-state index contributed by atoms with van der Waals surface area (Å²) in [7, 11) is 0. The Balaban J connectivity index is 1.90. The van der Waals surface area contributed by atoms with Crippen LogP contribution in [-0.2, 0) is 20.9 Å². The molecule has 0 bridgehead atoms. The zero-order valence-corrected chi connectivity index (χ0v) is 16.3. The van der Waals surface area contributed by atoms with Crippen molar-refractivity contribution in [2.45, 2.75) is 77.7 Å². The highest BCUT2D eigenvalue weighted by molar-refractivity contribution is 5.74. The van der Waals surface area contributed by atoms with Gasteiger partial charge in [0.2, 0.25) is 6.54 Å². The lowest BCUT2D eigenvalue weighted by Crippen LogP contribution is -2.43. The van der Waals surface area contributed by atoms with Crippen LogP contribution in [0.4, 0.5) is 0 Å². The highest BCUT2D eigenvalue weighted by Crippen LogP contribution is 2.10. The van der Waals surface area contributed by atoms with Crippen molar-refractivity contribution in [3.05, 3.63) is 30.6 Å². The lowest BCUT2D eigenvalue weighted by molar-refractivity contribution is -0.684. The standard InChI is InChI=1S/C21H34N2O3/c1-2-3-4-5-6-7-8-9-11-14-21(25)26-18-15-22-20(24)19-23-16-12-10-13-17-23/h10,12-13,16-17H,2-9,11,14-15,18-19H2,1H3/p+1. The Kier molecular flexibility index (Phi) is 13.1. The smallest absolute Gasteiger partial charge is 0.305 e. The topological polar surface area (TPSA) is 59.3 Å². The third kappa shape index (κ3) is 12.5. The maximum Gasteiger partial charge on any atom is 0.305 e. The van der Waals surface area contributed by atoms with Gasteiger partial charge < -0.3 is 10.1 Å². The van der Waals surface area contributed by atoms with Crippen molar-refractivity contribution in [2.75, 3.05) is 13.2 Å². The number of pyridine rings is 1. The number of carbonyl (C=O) groups is 2. The van der Waals surface area contributed by atoms with Gasteiger partial charge in [-0.25, -0.2) is 0 Å². The molecule has 5 nitrogen and oxygen atoms in total. The predicted molar refractivity (Wildman–Crippen MR) is 102 cm³/mol. The van der Waals surface area contributed by atoms with Crippen LogP contribution in [0.15, 0.2) is 30.6 Å². The molecular weight excluding hydrogens is 328 g/mol. The Hall–Kier alpha value is -1.91. The van der Waals surface area contributed by atoms with Gasteiger partial charge in [0.1, 0.15) is 6.61 Å². The largest absolute Gasteiger partial charge is 0.464 e. The normalized spacial score (nSPS) is 10.5. The number of rotatable bonds is 15. The van der Waals surface area contributed by atoms with Crippen molar-refractivity contribution in [3.63, 3.8) is 0 Å². The van der Waals surface area contributed by atoms with E-state index in [4.69, 9.17) is 4.74 Å². The first-order valence-electron chi connectivity index (χ1n) is 10.1. The summed E-state index contributed by atoms with van der Waals surface area (Å²) >= 11 is 0. The predicted octanol–water partition coefficient (Wildman–Crippen LogP) is 3.55. The van der Waals surface area contributed by atoms with Crippen LogP contribution < -0.4 is 9.88 Å². The van der Waals surface area contributed by atoms with E-state index >= 15 is 0 Å². The molecule has 0 fully saturated rings. The van der Waals surface area contributed by atoms with E-state index in [9.17, 15) is 9.59 Å². The Labute approximate surface area is 158 Å². The molecule has 0 aromatic carbocycles. The molecule has 1 aromatic heterocycles. The van der Waals surface area contributed by atoms with E-state index in [1.165, 1.54) is 44.9 Å². The summed E-state index contributed by atoms with van der Waals surface area (Å²) in [6.45, 7) is 3.10. The van der Waals surface area contributed by atoms with Crippen LogP contribution in [0.3, 0.4) is 0 Å². The molecule has 26 heavy (non-hydrogen) atoms. The van der Waals surface area contributed by atoms with Gasteiger partial charge in [-0.1, -0.05) is 64.4 Å². The van der Waals surface area contributed by atoms with Gasteiger partial charge in [-0.2, -0.15) is 4.57 Å². The number of amides is 1. The van der Waals surface area contributed by atoms with Crippen molar-refractivity contribution in [1.82, 2.24) is 5.32 Å². The van der Waals surface area contributed by atoms with E-state index in [-0.39, 0.29) is 25.0 Å². The molecule has 1 amide bonds. The molecule has 0 saturated carbocycles. The molecule has 0 aliphatic rings. The summed E-state index contributed by atoms with van der Waals surface area (Å²) in [5.74, 6) is -0.254. The lowest BCUT2D eigenvalue weighted by atomic mass is 10.1. The molecular formula is C21H35N2O3+. The first kappa shape index (κ1) is 22.1. The van der Waals surface area contributed by atoms with Crippen LogP contribution in [0.1, 0.15) is 71.1 Å². The monoisotopic (exact) mass is 363 g/mol. The average molecular weight is 364 g/mol. The lowest BCUT2D eigenvalue weighted by Gasteiger charge is -2.06. The fraction of sp³-hybridized carbons (Fsp3) is 0.667. The molecule has 1 heterocycles. The third-order valence-electron chi connectivity index (χ3n) is 4.28. The van der Waals surface area contributed by atoms with Crippen LogP contribution in [0.2, 0.25) is 0 Å². The summed E-state index contributed by atoms with van der Waals surface area (Å²) in [6.07, 6.45) is 15.2. The van der Waals surface area contributed by atoms with Gasteiger partial charge >= 0.3 is 5.97 Å². The number of esters is 1. The number of carbonyl (C=O) groups excluding carboxylic acids is 2. The first-order chi connectivity index (χ1) is 12.7. The molecule has 146 valence electrons. The molecule has 0 aliphatic carbocycles. The number of hydrogen-bond acceptors (Lipinski definition) is 3. The van der Waals surface area contributed by atoms with Gasteiger partial charge in [0, 0.05) is 18.6 Å². The second-order valence-electron chi connectivity index (χ2n) is 6.70. The summed E-state index contributed by atoms with van der Waals surface area (Å²) < 4.78 is 6.95. The molecule has 0 saturated heterocycles. The number of hydrogen-bond donors (Lipinski definition) is 1. The number of aromatic nitrogens is 1. The molecule has 5 heteroatoms. The van der Waals surface area contributed by atoms with Crippen LogP contribution >= 0.6 is 0 Å². The Bertz CT molecular complexity index is 491. The Morgan fingerprint density at radius 3 is 2.15 bits per heavy atom. The van der Waals surface area contributed by atoms with E-state index in [0.717, 1.165) is 12.8 Å². The summed E-state index contributed by atoms with van der Waals surface area (Å²) in [6, 6.07) is 5.66. The molecule has 0 atom stereocenters. The number of nitrogens with zero attached hydrogens (tertiary/aromatic N) is 1. The second kappa shape index (κ2) is 15.4. The number of ether oxygens (including phenoxy) is 1. The number of unbranched alkanes of at least 4 members (excludes halogenated alkanes) is 8. The molecule has 0 unspecified atom stereocenters. The van der Waals surface area contributed by atoms with Gasteiger partial charge in [0.15, 0.2) is 12.4 Å². The average Bonchev–Trinajstić information content (AvgIpc) is 2.65. The molecule has 1 N–H and O–H groups in total. The van der Waals surface area contributed by atoms with E-state index < -0.39 is 0 Å². The van der Waals surface area contributed by atoms with Crippen molar-refractivity contribution in [1.29, 1.82) is 0 Å². The maximum absolute atomic E-state index is 11.7. The summed E-state index contributed by atoms with van der Waals surface area (Å²) in [5.41, 5.74) is 0. The Morgan fingerprint density at radius 2 is 1.50 bits per heavy atom. The summed E-state index contributed by atoms with van der Waals surface area (Å²) in [5, 5.41) is 2.75. The quantitative estimate of drug-likeness (QED) is 0.294. The zero-order chi connectivity index (χ0) is 18.9. The van der Waals surface area contributed by atoms with Crippen molar-refractivity contribution in [3.8, 4) is 0 Å². The molecule has 1 aromatic rings. The van der Waals surface area contributed by atoms with Gasteiger partial charge in [-0.05, 0) is 6.42 Å².